The maximum Gasteiger partial charge on any atom is 0.186 e. The minimum atomic E-state index is -0.900. The summed E-state index contributed by atoms with van der Waals surface area (Å²) >= 11 is 0. The van der Waals surface area contributed by atoms with Crippen LogP contribution in [0, 0.1) is 23.5 Å². The van der Waals surface area contributed by atoms with Crippen LogP contribution in [0.2, 0.25) is 0 Å². The predicted molar refractivity (Wildman–Crippen MR) is 121 cm³/mol. The summed E-state index contributed by atoms with van der Waals surface area (Å²) in [7, 11) is 0. The Labute approximate surface area is 190 Å². The summed E-state index contributed by atoms with van der Waals surface area (Å²) in [6.07, 6.45) is 5.85. The van der Waals surface area contributed by atoms with E-state index in [1.165, 1.54) is 19.3 Å². The van der Waals surface area contributed by atoms with Crippen LogP contribution in [0.5, 0.6) is 0 Å². The lowest BCUT2D eigenvalue weighted by atomic mass is 9.91. The van der Waals surface area contributed by atoms with E-state index < -0.39 is 17.9 Å². The number of ether oxygens (including phenoxy) is 3. The zero-order chi connectivity index (χ0) is 22.5. The lowest BCUT2D eigenvalue weighted by Crippen LogP contribution is -2.27. The number of halogens is 2. The Morgan fingerprint density at radius 2 is 1.41 bits per heavy atom. The molecule has 2 aliphatic rings. The van der Waals surface area contributed by atoms with Crippen molar-refractivity contribution in [3.8, 4) is 11.1 Å². The van der Waals surface area contributed by atoms with Crippen LogP contribution >= 0.6 is 0 Å². The van der Waals surface area contributed by atoms with Crippen molar-refractivity contribution < 1.29 is 23.0 Å². The van der Waals surface area contributed by atoms with E-state index in [4.69, 9.17) is 14.2 Å². The first-order valence-corrected chi connectivity index (χ1v) is 12.0. The molecule has 0 amide bonds. The van der Waals surface area contributed by atoms with Crippen LogP contribution in [0.15, 0.2) is 36.4 Å². The van der Waals surface area contributed by atoms with E-state index in [9.17, 15) is 8.78 Å². The molecule has 0 aliphatic carbocycles. The number of rotatable bonds is 7. The smallest absolute Gasteiger partial charge is 0.186 e. The van der Waals surface area contributed by atoms with Gasteiger partial charge in [-0.25, -0.2) is 8.78 Å². The summed E-state index contributed by atoms with van der Waals surface area (Å²) in [6, 6.07) is 10.8. The molecule has 0 bridgehead atoms. The molecule has 2 saturated heterocycles. The first kappa shape index (κ1) is 23.3. The van der Waals surface area contributed by atoms with Crippen molar-refractivity contribution in [2.45, 2.75) is 64.8 Å². The van der Waals surface area contributed by atoms with Crippen molar-refractivity contribution in [2.75, 3.05) is 19.8 Å². The van der Waals surface area contributed by atoms with Gasteiger partial charge >= 0.3 is 0 Å². The van der Waals surface area contributed by atoms with Crippen LogP contribution in [0.4, 0.5) is 8.78 Å². The molecule has 2 unspecified atom stereocenters. The fourth-order valence-corrected chi connectivity index (χ4v) is 4.85. The Bertz CT molecular complexity index is 867. The van der Waals surface area contributed by atoms with Crippen molar-refractivity contribution in [2.24, 2.45) is 11.8 Å². The Kier molecular flexibility index (Phi) is 7.93. The topological polar surface area (TPSA) is 27.7 Å². The zero-order valence-corrected chi connectivity index (χ0v) is 19.1. The highest BCUT2D eigenvalue weighted by Crippen LogP contribution is 2.36. The molecule has 2 fully saturated rings. The molecule has 0 aromatic heterocycles. The van der Waals surface area contributed by atoms with Crippen LogP contribution in [-0.4, -0.2) is 19.8 Å². The molecule has 2 atom stereocenters. The molecule has 4 rings (SSSR count). The molecule has 2 aliphatic heterocycles. The quantitative estimate of drug-likeness (QED) is 0.446. The lowest BCUT2D eigenvalue weighted by Gasteiger charge is -2.30. The molecule has 5 heteroatoms. The van der Waals surface area contributed by atoms with Crippen molar-refractivity contribution in [3.63, 3.8) is 0 Å². The summed E-state index contributed by atoms with van der Waals surface area (Å²) in [5.41, 5.74) is 2.09. The summed E-state index contributed by atoms with van der Waals surface area (Å²) in [5, 5.41) is 0. The highest BCUT2D eigenvalue weighted by atomic mass is 19.2. The van der Waals surface area contributed by atoms with Gasteiger partial charge in [0.2, 0.25) is 0 Å². The van der Waals surface area contributed by atoms with Gasteiger partial charge in [0, 0.05) is 17.0 Å². The van der Waals surface area contributed by atoms with Gasteiger partial charge in [0.1, 0.15) is 0 Å². The Balaban J connectivity index is 1.43. The SMILES string of the molecule is CCCC1CCC(c2ccc(-c3ccc(C4OCC(CCC)CO4)c(F)c3F)cc2)OC1. The van der Waals surface area contributed by atoms with Gasteiger partial charge in [-0.15, -0.1) is 0 Å². The van der Waals surface area contributed by atoms with Crippen LogP contribution in [-0.2, 0) is 14.2 Å². The average molecular weight is 445 g/mol. The van der Waals surface area contributed by atoms with Crippen LogP contribution in [0.1, 0.15) is 75.9 Å². The maximum absolute atomic E-state index is 15.0. The van der Waals surface area contributed by atoms with Gasteiger partial charge in [0.15, 0.2) is 17.9 Å². The molecule has 2 aromatic rings. The van der Waals surface area contributed by atoms with Gasteiger partial charge in [0.05, 0.1) is 25.9 Å². The second kappa shape index (κ2) is 10.9. The lowest BCUT2D eigenvalue weighted by molar-refractivity contribution is -0.207. The van der Waals surface area contributed by atoms with Gasteiger partial charge in [-0.05, 0) is 42.7 Å². The summed E-state index contributed by atoms with van der Waals surface area (Å²) in [5.74, 6) is -0.800. The third-order valence-electron chi connectivity index (χ3n) is 6.69. The zero-order valence-electron chi connectivity index (χ0n) is 19.1. The van der Waals surface area contributed by atoms with E-state index in [0.717, 1.165) is 31.4 Å². The Morgan fingerprint density at radius 3 is 2.03 bits per heavy atom. The highest BCUT2D eigenvalue weighted by molar-refractivity contribution is 5.65. The van der Waals surface area contributed by atoms with Gasteiger partial charge in [0.25, 0.3) is 0 Å². The second-order valence-electron chi connectivity index (χ2n) is 9.16. The molecule has 3 nitrogen and oxygen atoms in total. The standard InChI is InChI=1S/C27H34F2O3/c1-3-5-18-7-14-24(30-15-18)21-10-8-20(9-11-21)22-12-13-23(26(29)25(22)28)27-31-16-19(6-4-2)17-32-27/h8-13,18-19,24,27H,3-7,14-17H2,1-2H3. The Morgan fingerprint density at radius 1 is 0.750 bits per heavy atom. The monoisotopic (exact) mass is 444 g/mol. The van der Waals surface area contributed by atoms with Crippen LogP contribution < -0.4 is 0 Å². The first-order valence-electron chi connectivity index (χ1n) is 12.0. The van der Waals surface area contributed by atoms with Gasteiger partial charge in [-0.3, -0.25) is 0 Å². The third kappa shape index (κ3) is 5.22. The van der Waals surface area contributed by atoms with Crippen molar-refractivity contribution in [1.29, 1.82) is 0 Å². The molecule has 2 heterocycles. The molecule has 0 radical (unpaired) electrons. The molecule has 2 aromatic carbocycles. The molecular weight excluding hydrogens is 410 g/mol. The van der Waals surface area contributed by atoms with E-state index in [0.29, 0.717) is 30.6 Å². The average Bonchev–Trinajstić information content (AvgIpc) is 2.83. The summed E-state index contributed by atoms with van der Waals surface area (Å²) < 4.78 is 47.3. The molecule has 0 N–H and O–H groups in total. The summed E-state index contributed by atoms with van der Waals surface area (Å²) in [4.78, 5) is 0. The molecule has 0 saturated carbocycles. The Hall–Kier alpha value is -1.82. The van der Waals surface area contributed by atoms with Crippen LogP contribution in [0.3, 0.4) is 0 Å². The fraction of sp³-hybridized carbons (Fsp3) is 0.556. The van der Waals surface area contributed by atoms with Crippen LogP contribution in [0.25, 0.3) is 11.1 Å². The van der Waals surface area contributed by atoms with E-state index in [1.54, 1.807) is 12.1 Å². The molecule has 0 spiro atoms. The van der Waals surface area contributed by atoms with E-state index >= 15 is 0 Å². The summed E-state index contributed by atoms with van der Waals surface area (Å²) in [6.45, 7) is 6.12. The van der Waals surface area contributed by atoms with Gasteiger partial charge in [-0.1, -0.05) is 63.1 Å². The van der Waals surface area contributed by atoms with E-state index in [2.05, 4.69) is 13.8 Å². The fourth-order valence-electron chi connectivity index (χ4n) is 4.85. The van der Waals surface area contributed by atoms with Crippen molar-refractivity contribution in [3.05, 3.63) is 59.2 Å². The molecular formula is C27H34F2O3. The third-order valence-corrected chi connectivity index (χ3v) is 6.69. The van der Waals surface area contributed by atoms with Crippen molar-refractivity contribution >= 4 is 0 Å². The van der Waals surface area contributed by atoms with Gasteiger partial charge < -0.3 is 14.2 Å². The first-order chi connectivity index (χ1) is 15.6. The van der Waals surface area contributed by atoms with Crippen molar-refractivity contribution in [1.82, 2.24) is 0 Å². The predicted octanol–water partition coefficient (Wildman–Crippen LogP) is 7.36. The molecule has 32 heavy (non-hydrogen) atoms. The minimum absolute atomic E-state index is 0.0817. The largest absolute Gasteiger partial charge is 0.373 e. The minimum Gasteiger partial charge on any atom is -0.373 e. The van der Waals surface area contributed by atoms with Gasteiger partial charge in [-0.2, -0.15) is 0 Å². The maximum atomic E-state index is 15.0. The van der Waals surface area contributed by atoms with E-state index in [-0.39, 0.29) is 17.2 Å². The molecule has 174 valence electrons. The van der Waals surface area contributed by atoms with E-state index in [1.807, 2.05) is 24.3 Å². The number of hydrogen-bond donors (Lipinski definition) is 0. The number of hydrogen-bond acceptors (Lipinski definition) is 3. The number of benzene rings is 2. The normalized spacial score (nSPS) is 26.2. The highest BCUT2D eigenvalue weighted by Gasteiger charge is 2.28. The second-order valence-corrected chi connectivity index (χ2v) is 9.16.